The third kappa shape index (κ3) is 3.08. The topological polar surface area (TPSA) is 51.2 Å². The van der Waals surface area contributed by atoms with Crippen LogP contribution in [0.4, 0.5) is 5.69 Å². The van der Waals surface area contributed by atoms with Crippen LogP contribution in [0.15, 0.2) is 30.3 Å². The van der Waals surface area contributed by atoms with Gasteiger partial charge in [-0.15, -0.1) is 0 Å². The van der Waals surface area contributed by atoms with Crippen LogP contribution in [0.5, 0.6) is 5.88 Å². The molecule has 0 unspecified atom stereocenters. The number of halogens is 1. The van der Waals surface area contributed by atoms with E-state index >= 15 is 0 Å². The second kappa shape index (κ2) is 5.92. The molecule has 0 saturated heterocycles. The number of benzene rings is 1. The predicted octanol–water partition coefficient (Wildman–Crippen LogP) is 3.61. The van der Waals surface area contributed by atoms with Crippen LogP contribution in [0.25, 0.3) is 0 Å². The average Bonchev–Trinajstić information content (AvgIpc) is 2.43. The molecule has 0 aliphatic carbocycles. The fourth-order valence-electron chi connectivity index (χ4n) is 1.79. The maximum absolute atomic E-state index is 12.2. The summed E-state index contributed by atoms with van der Waals surface area (Å²) in [6.07, 6.45) is 0. The SMILES string of the molecule is COc1cc(C(=O)Nc2cccc(C)c2C)cc(Cl)n1. The number of pyridine rings is 1. The molecule has 1 aromatic carbocycles. The number of nitrogens with zero attached hydrogens (tertiary/aromatic N) is 1. The van der Waals surface area contributed by atoms with Gasteiger partial charge in [0.2, 0.25) is 5.88 Å². The Morgan fingerprint density at radius 3 is 2.75 bits per heavy atom. The molecule has 0 spiro atoms. The Morgan fingerprint density at radius 1 is 1.30 bits per heavy atom. The first-order valence-electron chi connectivity index (χ1n) is 6.10. The van der Waals surface area contributed by atoms with Crippen LogP contribution in [0, 0.1) is 13.8 Å². The lowest BCUT2D eigenvalue weighted by atomic mass is 10.1. The Bertz CT molecular complexity index is 656. The molecule has 104 valence electrons. The number of aryl methyl sites for hydroxylation is 1. The lowest BCUT2D eigenvalue weighted by Gasteiger charge is -2.11. The highest BCUT2D eigenvalue weighted by molar-refractivity contribution is 6.30. The zero-order chi connectivity index (χ0) is 14.7. The number of methoxy groups -OCH3 is 1. The van der Waals surface area contributed by atoms with E-state index < -0.39 is 0 Å². The third-order valence-electron chi connectivity index (χ3n) is 3.09. The highest BCUT2D eigenvalue weighted by Crippen LogP contribution is 2.21. The second-order valence-corrected chi connectivity index (χ2v) is 4.81. The minimum atomic E-state index is -0.249. The fraction of sp³-hybridized carbons (Fsp3) is 0.200. The quantitative estimate of drug-likeness (QED) is 0.879. The van der Waals surface area contributed by atoms with Gasteiger partial charge in [0.25, 0.3) is 5.91 Å². The van der Waals surface area contributed by atoms with Crippen molar-refractivity contribution in [2.45, 2.75) is 13.8 Å². The van der Waals surface area contributed by atoms with E-state index in [0.717, 1.165) is 16.8 Å². The molecule has 1 N–H and O–H groups in total. The summed E-state index contributed by atoms with van der Waals surface area (Å²) >= 11 is 5.86. The molecular weight excluding hydrogens is 276 g/mol. The van der Waals surface area contributed by atoms with E-state index in [1.165, 1.54) is 13.2 Å². The summed E-state index contributed by atoms with van der Waals surface area (Å²) < 4.78 is 5.00. The van der Waals surface area contributed by atoms with Gasteiger partial charge in [-0.25, -0.2) is 4.98 Å². The minimum absolute atomic E-state index is 0.218. The van der Waals surface area contributed by atoms with Gasteiger partial charge in [-0.3, -0.25) is 4.79 Å². The van der Waals surface area contributed by atoms with Crippen molar-refractivity contribution >= 4 is 23.2 Å². The number of nitrogens with one attached hydrogen (secondary N) is 1. The number of ether oxygens (including phenoxy) is 1. The van der Waals surface area contributed by atoms with Crippen molar-refractivity contribution in [1.82, 2.24) is 4.98 Å². The largest absolute Gasteiger partial charge is 0.481 e. The van der Waals surface area contributed by atoms with Crippen molar-refractivity contribution in [1.29, 1.82) is 0 Å². The van der Waals surface area contributed by atoms with Gasteiger partial charge in [0.1, 0.15) is 5.15 Å². The number of aromatic nitrogens is 1. The van der Waals surface area contributed by atoms with Crippen molar-refractivity contribution in [2.75, 3.05) is 12.4 Å². The smallest absolute Gasteiger partial charge is 0.255 e. The van der Waals surface area contributed by atoms with Gasteiger partial charge in [0.05, 0.1) is 7.11 Å². The van der Waals surface area contributed by atoms with Gasteiger partial charge in [0.15, 0.2) is 0 Å². The molecular formula is C15H15ClN2O2. The molecule has 2 rings (SSSR count). The highest BCUT2D eigenvalue weighted by atomic mass is 35.5. The van der Waals surface area contributed by atoms with Crippen LogP contribution in [-0.4, -0.2) is 18.0 Å². The number of hydrogen-bond acceptors (Lipinski definition) is 3. The average molecular weight is 291 g/mol. The molecule has 5 heteroatoms. The maximum atomic E-state index is 12.2. The lowest BCUT2D eigenvalue weighted by molar-refractivity contribution is 0.102. The summed E-state index contributed by atoms with van der Waals surface area (Å²) in [6.45, 7) is 3.96. The van der Waals surface area contributed by atoms with Crippen molar-refractivity contribution in [3.8, 4) is 5.88 Å². The van der Waals surface area contributed by atoms with Gasteiger partial charge in [-0.05, 0) is 37.1 Å². The van der Waals surface area contributed by atoms with Crippen LogP contribution < -0.4 is 10.1 Å². The molecule has 0 radical (unpaired) electrons. The first kappa shape index (κ1) is 14.3. The van der Waals surface area contributed by atoms with Gasteiger partial charge in [-0.1, -0.05) is 23.7 Å². The van der Waals surface area contributed by atoms with Crippen LogP contribution >= 0.6 is 11.6 Å². The lowest BCUT2D eigenvalue weighted by Crippen LogP contribution is -2.13. The molecule has 1 heterocycles. The first-order valence-corrected chi connectivity index (χ1v) is 6.48. The molecule has 0 saturated carbocycles. The summed E-state index contributed by atoms with van der Waals surface area (Å²) in [7, 11) is 1.48. The molecule has 0 aliphatic rings. The Hall–Kier alpha value is -2.07. The molecule has 1 aromatic heterocycles. The number of anilines is 1. The van der Waals surface area contributed by atoms with E-state index in [4.69, 9.17) is 16.3 Å². The van der Waals surface area contributed by atoms with E-state index in [0.29, 0.717) is 11.4 Å². The number of carbonyl (C=O) groups excluding carboxylic acids is 1. The van der Waals surface area contributed by atoms with E-state index in [2.05, 4.69) is 10.3 Å². The second-order valence-electron chi connectivity index (χ2n) is 4.42. The van der Waals surface area contributed by atoms with Crippen LogP contribution in [0.3, 0.4) is 0 Å². The summed E-state index contributed by atoms with van der Waals surface area (Å²) in [5.74, 6) is 0.0601. The summed E-state index contributed by atoms with van der Waals surface area (Å²) in [5, 5.41) is 3.08. The van der Waals surface area contributed by atoms with E-state index in [1.54, 1.807) is 6.07 Å². The monoisotopic (exact) mass is 290 g/mol. The maximum Gasteiger partial charge on any atom is 0.255 e. The Morgan fingerprint density at radius 2 is 2.05 bits per heavy atom. The van der Waals surface area contributed by atoms with Gasteiger partial charge < -0.3 is 10.1 Å². The summed E-state index contributed by atoms with van der Waals surface area (Å²) in [5.41, 5.74) is 3.34. The Balaban J connectivity index is 2.28. The van der Waals surface area contributed by atoms with Crippen molar-refractivity contribution < 1.29 is 9.53 Å². The Kier molecular flexibility index (Phi) is 4.25. The van der Waals surface area contributed by atoms with E-state index in [-0.39, 0.29) is 11.1 Å². The molecule has 1 amide bonds. The molecule has 0 atom stereocenters. The summed E-state index contributed by atoms with van der Waals surface area (Å²) in [4.78, 5) is 16.2. The van der Waals surface area contributed by atoms with Crippen LogP contribution in [0.1, 0.15) is 21.5 Å². The molecule has 0 aliphatic heterocycles. The Labute approximate surface area is 122 Å². The number of rotatable bonds is 3. The van der Waals surface area contributed by atoms with Gasteiger partial charge >= 0.3 is 0 Å². The summed E-state index contributed by atoms with van der Waals surface area (Å²) in [6, 6.07) is 8.81. The van der Waals surface area contributed by atoms with Gasteiger partial charge in [-0.2, -0.15) is 0 Å². The predicted molar refractivity (Wildman–Crippen MR) is 79.7 cm³/mol. The fourth-order valence-corrected chi connectivity index (χ4v) is 1.99. The van der Waals surface area contributed by atoms with Crippen LogP contribution in [-0.2, 0) is 0 Å². The molecule has 4 nitrogen and oxygen atoms in total. The highest BCUT2D eigenvalue weighted by Gasteiger charge is 2.11. The van der Waals surface area contributed by atoms with Crippen molar-refractivity contribution in [3.63, 3.8) is 0 Å². The van der Waals surface area contributed by atoms with Gasteiger partial charge in [0, 0.05) is 17.3 Å². The molecule has 2 aromatic rings. The van der Waals surface area contributed by atoms with Crippen molar-refractivity contribution in [2.24, 2.45) is 0 Å². The number of hydrogen-bond donors (Lipinski definition) is 1. The minimum Gasteiger partial charge on any atom is -0.481 e. The zero-order valence-electron chi connectivity index (χ0n) is 11.5. The van der Waals surface area contributed by atoms with Crippen molar-refractivity contribution in [3.05, 3.63) is 52.2 Å². The van der Waals surface area contributed by atoms with E-state index in [1.807, 2.05) is 32.0 Å². The zero-order valence-corrected chi connectivity index (χ0v) is 12.3. The number of carbonyl (C=O) groups is 1. The first-order chi connectivity index (χ1) is 9.51. The van der Waals surface area contributed by atoms with E-state index in [9.17, 15) is 4.79 Å². The molecule has 0 fully saturated rings. The standard InChI is InChI=1S/C15H15ClN2O2/c1-9-5-4-6-12(10(9)2)17-15(19)11-7-13(16)18-14(8-11)20-3/h4-8H,1-3H3,(H,17,19). The third-order valence-corrected chi connectivity index (χ3v) is 3.29. The molecule has 0 bridgehead atoms. The number of amides is 1. The normalized spacial score (nSPS) is 10.2. The van der Waals surface area contributed by atoms with Crippen LogP contribution in [0.2, 0.25) is 5.15 Å². The molecule has 20 heavy (non-hydrogen) atoms.